The van der Waals surface area contributed by atoms with Crippen molar-refractivity contribution in [3.8, 4) is 5.69 Å². The molecule has 2 aromatic carbocycles. The fourth-order valence-electron chi connectivity index (χ4n) is 3.34. The van der Waals surface area contributed by atoms with Crippen LogP contribution in [0.25, 0.3) is 16.6 Å². The van der Waals surface area contributed by atoms with Crippen molar-refractivity contribution in [2.24, 2.45) is 0 Å². The molecule has 1 N–H and O–H groups in total. The highest BCUT2D eigenvalue weighted by Crippen LogP contribution is 2.32. The van der Waals surface area contributed by atoms with Gasteiger partial charge in [0.05, 0.1) is 16.9 Å². The van der Waals surface area contributed by atoms with Gasteiger partial charge in [0.15, 0.2) is 0 Å². The van der Waals surface area contributed by atoms with Gasteiger partial charge in [-0.15, -0.1) is 0 Å². The number of halogens is 2. The van der Waals surface area contributed by atoms with Gasteiger partial charge in [0, 0.05) is 27.0 Å². The van der Waals surface area contributed by atoms with Gasteiger partial charge in [-0.1, -0.05) is 26.8 Å². The maximum atomic E-state index is 14.6. The number of anilines is 1. The minimum absolute atomic E-state index is 0.191. The van der Waals surface area contributed by atoms with Crippen molar-refractivity contribution in [1.29, 1.82) is 0 Å². The molecular weight excluding hydrogens is 463 g/mol. The Hall–Kier alpha value is -2.38. The van der Waals surface area contributed by atoms with E-state index in [0.717, 1.165) is 37.5 Å². The van der Waals surface area contributed by atoms with E-state index in [4.69, 9.17) is 0 Å². The first kappa shape index (κ1) is 20.9. The third-order valence-electron chi connectivity index (χ3n) is 4.78. The summed E-state index contributed by atoms with van der Waals surface area (Å²) in [4.78, 5) is 5.28. The first-order valence-electron chi connectivity index (χ1n) is 9.57. The Bertz CT molecular complexity index is 1230. The SMILES string of the molecule is Cc1cc(NSc2ccc(C(C)(C)C)c(F)c2)n(-c2ccc(Br)c3ncccc23)n1. The predicted molar refractivity (Wildman–Crippen MR) is 126 cm³/mol. The highest BCUT2D eigenvalue weighted by atomic mass is 79.9. The van der Waals surface area contributed by atoms with Gasteiger partial charge in [0.25, 0.3) is 0 Å². The van der Waals surface area contributed by atoms with Gasteiger partial charge in [0.2, 0.25) is 0 Å². The van der Waals surface area contributed by atoms with Crippen LogP contribution in [-0.4, -0.2) is 14.8 Å². The van der Waals surface area contributed by atoms with E-state index in [2.05, 4.69) is 30.7 Å². The maximum absolute atomic E-state index is 14.6. The fourth-order valence-corrected chi connectivity index (χ4v) is 4.46. The highest BCUT2D eigenvalue weighted by Gasteiger charge is 2.19. The van der Waals surface area contributed by atoms with Crippen molar-refractivity contribution < 1.29 is 4.39 Å². The van der Waals surface area contributed by atoms with Gasteiger partial charge in [-0.05, 0) is 82.2 Å². The van der Waals surface area contributed by atoms with Gasteiger partial charge in [-0.25, -0.2) is 9.07 Å². The highest BCUT2D eigenvalue weighted by molar-refractivity contribution is 9.10. The normalized spacial score (nSPS) is 11.8. The van der Waals surface area contributed by atoms with Gasteiger partial charge >= 0.3 is 0 Å². The molecule has 4 rings (SSSR count). The Labute approximate surface area is 188 Å². The predicted octanol–water partition coefficient (Wildman–Crippen LogP) is 7.05. The third kappa shape index (κ3) is 4.09. The Morgan fingerprint density at radius 1 is 1.10 bits per heavy atom. The van der Waals surface area contributed by atoms with E-state index in [1.54, 1.807) is 12.3 Å². The second kappa shape index (κ2) is 8.04. The molecule has 2 aromatic heterocycles. The Balaban J connectivity index is 1.66. The van der Waals surface area contributed by atoms with E-state index < -0.39 is 0 Å². The molecule has 7 heteroatoms. The van der Waals surface area contributed by atoms with Gasteiger partial charge in [-0.3, -0.25) is 4.98 Å². The largest absolute Gasteiger partial charge is 0.310 e. The van der Waals surface area contributed by atoms with Crippen LogP contribution in [0.2, 0.25) is 0 Å². The number of hydrogen-bond donors (Lipinski definition) is 1. The first-order chi connectivity index (χ1) is 14.2. The van der Waals surface area contributed by atoms with Crippen LogP contribution in [0, 0.1) is 12.7 Å². The molecule has 4 aromatic rings. The summed E-state index contributed by atoms with van der Waals surface area (Å²) in [5, 5.41) is 5.65. The van der Waals surface area contributed by atoms with Crippen molar-refractivity contribution in [2.45, 2.75) is 38.0 Å². The molecule has 0 radical (unpaired) electrons. The van der Waals surface area contributed by atoms with E-state index in [-0.39, 0.29) is 11.2 Å². The summed E-state index contributed by atoms with van der Waals surface area (Å²) in [6.07, 6.45) is 1.77. The molecule has 30 heavy (non-hydrogen) atoms. The van der Waals surface area contributed by atoms with Crippen molar-refractivity contribution in [2.75, 3.05) is 4.72 Å². The molecule has 0 bridgehead atoms. The molecule has 154 valence electrons. The van der Waals surface area contributed by atoms with Gasteiger partial charge in [0.1, 0.15) is 11.6 Å². The van der Waals surface area contributed by atoms with Crippen LogP contribution in [0.3, 0.4) is 0 Å². The minimum atomic E-state index is -0.229. The second-order valence-electron chi connectivity index (χ2n) is 8.14. The monoisotopic (exact) mass is 484 g/mol. The number of aryl methyl sites for hydroxylation is 1. The number of hydrogen-bond acceptors (Lipinski definition) is 4. The zero-order valence-electron chi connectivity index (χ0n) is 17.2. The van der Waals surface area contributed by atoms with Crippen LogP contribution >= 0.6 is 27.9 Å². The maximum Gasteiger partial charge on any atom is 0.140 e. The van der Waals surface area contributed by atoms with Gasteiger partial charge < -0.3 is 4.72 Å². The molecule has 0 aliphatic rings. The van der Waals surface area contributed by atoms with Crippen molar-refractivity contribution in [1.82, 2.24) is 14.8 Å². The summed E-state index contributed by atoms with van der Waals surface area (Å²) in [5.41, 5.74) is 3.16. The number of aromatic nitrogens is 3. The molecule has 0 spiro atoms. The Morgan fingerprint density at radius 2 is 1.90 bits per heavy atom. The van der Waals surface area contributed by atoms with Crippen LogP contribution in [0.4, 0.5) is 10.2 Å². The Morgan fingerprint density at radius 3 is 2.63 bits per heavy atom. The summed E-state index contributed by atoms with van der Waals surface area (Å²) in [6, 6.07) is 15.3. The summed E-state index contributed by atoms with van der Waals surface area (Å²) < 4.78 is 20.7. The lowest BCUT2D eigenvalue weighted by Gasteiger charge is -2.20. The third-order valence-corrected chi connectivity index (χ3v) is 6.22. The minimum Gasteiger partial charge on any atom is -0.310 e. The average molecular weight is 485 g/mol. The second-order valence-corrected chi connectivity index (χ2v) is 9.88. The quantitative estimate of drug-likeness (QED) is 0.315. The standard InChI is InChI=1S/C23H22BrFN4S/c1-14-12-21(28-30-15-7-8-17(19(25)13-15)23(2,3)4)29(27-14)20-10-9-18(24)22-16(20)6-5-11-26-22/h5-13,28H,1-4H3. The van der Waals surface area contributed by atoms with Crippen molar-refractivity contribution in [3.63, 3.8) is 0 Å². The summed E-state index contributed by atoms with van der Waals surface area (Å²) in [6.45, 7) is 7.98. The van der Waals surface area contributed by atoms with E-state index in [0.29, 0.717) is 5.56 Å². The number of fused-ring (bicyclic) bond motifs is 1. The zero-order valence-corrected chi connectivity index (χ0v) is 19.6. The number of nitrogens with zero attached hydrogens (tertiary/aromatic N) is 3. The molecule has 2 heterocycles. The molecule has 4 nitrogen and oxygen atoms in total. The summed E-state index contributed by atoms with van der Waals surface area (Å²) in [7, 11) is 0. The van der Waals surface area contributed by atoms with E-state index in [1.807, 2.05) is 74.8 Å². The topological polar surface area (TPSA) is 42.7 Å². The lowest BCUT2D eigenvalue weighted by atomic mass is 9.87. The average Bonchev–Trinajstić information content (AvgIpc) is 3.06. The van der Waals surface area contributed by atoms with Crippen molar-refractivity contribution in [3.05, 3.63) is 76.3 Å². The molecule has 0 saturated carbocycles. The van der Waals surface area contributed by atoms with E-state index in [1.165, 1.54) is 11.9 Å². The fraction of sp³-hybridized carbons (Fsp3) is 0.217. The van der Waals surface area contributed by atoms with Crippen molar-refractivity contribution >= 4 is 44.6 Å². The van der Waals surface area contributed by atoms with E-state index >= 15 is 0 Å². The molecule has 0 saturated heterocycles. The molecule has 0 unspecified atom stereocenters. The number of benzene rings is 2. The number of pyridine rings is 1. The zero-order chi connectivity index (χ0) is 21.5. The van der Waals surface area contributed by atoms with Crippen LogP contribution in [0.1, 0.15) is 32.0 Å². The van der Waals surface area contributed by atoms with Crippen LogP contribution < -0.4 is 4.72 Å². The molecule has 0 aliphatic heterocycles. The van der Waals surface area contributed by atoms with Crippen LogP contribution in [-0.2, 0) is 5.41 Å². The summed E-state index contributed by atoms with van der Waals surface area (Å²) in [5.74, 6) is 0.620. The van der Waals surface area contributed by atoms with Crippen LogP contribution in [0.15, 0.2) is 64.1 Å². The molecule has 0 amide bonds. The van der Waals surface area contributed by atoms with Gasteiger partial charge in [-0.2, -0.15) is 5.10 Å². The molecular formula is C23H22BrFN4S. The first-order valence-corrected chi connectivity index (χ1v) is 11.2. The molecule has 0 atom stereocenters. The van der Waals surface area contributed by atoms with Crippen LogP contribution in [0.5, 0.6) is 0 Å². The smallest absolute Gasteiger partial charge is 0.140 e. The molecule has 0 aliphatic carbocycles. The number of rotatable bonds is 4. The molecule has 0 fully saturated rings. The lowest BCUT2D eigenvalue weighted by Crippen LogP contribution is -2.13. The Kier molecular flexibility index (Phi) is 5.59. The summed E-state index contributed by atoms with van der Waals surface area (Å²) >= 11 is 4.93. The lowest BCUT2D eigenvalue weighted by molar-refractivity contribution is 0.521. The number of nitrogens with one attached hydrogen (secondary N) is 1. The van der Waals surface area contributed by atoms with E-state index in [9.17, 15) is 4.39 Å².